The second-order valence-corrected chi connectivity index (χ2v) is 2.24. The molecular formula is C10H12N2Rb2. The summed E-state index contributed by atoms with van der Waals surface area (Å²) < 4.78 is 1.83. The van der Waals surface area contributed by atoms with E-state index in [1.807, 2.05) is 37.4 Å². The van der Waals surface area contributed by atoms with E-state index in [0.717, 1.165) is 5.65 Å². The van der Waals surface area contributed by atoms with Crippen LogP contribution in [0.15, 0.2) is 18.5 Å². The van der Waals surface area contributed by atoms with Crippen molar-refractivity contribution in [1.82, 2.24) is 9.38 Å². The van der Waals surface area contributed by atoms with Crippen LogP contribution < -0.4 is 116 Å². The van der Waals surface area contributed by atoms with Crippen molar-refractivity contribution in [3.05, 3.63) is 36.3 Å². The summed E-state index contributed by atoms with van der Waals surface area (Å²) >= 11 is 0. The van der Waals surface area contributed by atoms with Crippen LogP contribution in [0.5, 0.6) is 0 Å². The molecule has 2 heterocycles. The van der Waals surface area contributed by atoms with Gasteiger partial charge in [0.25, 0.3) is 0 Å². The van der Waals surface area contributed by atoms with E-state index in [1.54, 1.807) is 6.20 Å². The molecule has 0 bridgehead atoms. The standard InChI is InChI=1S/C8H6N2.C2H6.2Rb/c1-7-2-3-8-9-4-5-10(8)6-7;1-2;;/h2,4,6H,1H3;1-2H3;;/q-2;;2*+1. The van der Waals surface area contributed by atoms with E-state index >= 15 is 0 Å². The van der Waals surface area contributed by atoms with Crippen molar-refractivity contribution in [3.63, 3.8) is 0 Å². The molecule has 0 aliphatic rings. The Morgan fingerprint density at radius 1 is 1.29 bits per heavy atom. The number of fused-ring (bicyclic) bond motifs is 1. The van der Waals surface area contributed by atoms with Crippen molar-refractivity contribution < 1.29 is 116 Å². The van der Waals surface area contributed by atoms with E-state index in [0.29, 0.717) is 0 Å². The SMILES string of the molecule is CC.Cc1c[c-]c2nc[c-]n2c1.[Rb+].[Rb+]. The summed E-state index contributed by atoms with van der Waals surface area (Å²) in [4.78, 5) is 4.01. The van der Waals surface area contributed by atoms with Crippen LogP contribution in [0, 0.1) is 19.2 Å². The number of nitrogens with zero attached hydrogens (tertiary/aromatic N) is 2. The molecule has 2 aromatic heterocycles. The summed E-state index contributed by atoms with van der Waals surface area (Å²) in [5.74, 6) is 0. The zero-order valence-corrected chi connectivity index (χ0v) is 19.5. The van der Waals surface area contributed by atoms with Gasteiger partial charge < -0.3 is 9.38 Å². The van der Waals surface area contributed by atoms with Crippen molar-refractivity contribution >= 4 is 5.65 Å². The summed E-state index contributed by atoms with van der Waals surface area (Å²) in [7, 11) is 0. The van der Waals surface area contributed by atoms with Gasteiger partial charge in [0, 0.05) is 0 Å². The maximum absolute atomic E-state index is 4.01. The first kappa shape index (κ1) is 18.7. The fourth-order valence-electron chi connectivity index (χ4n) is 0.900. The molecule has 4 heteroatoms. The molecule has 0 atom stereocenters. The van der Waals surface area contributed by atoms with Gasteiger partial charge in [-0.2, -0.15) is 6.20 Å². The maximum Gasteiger partial charge on any atom is 1.00 e. The summed E-state index contributed by atoms with van der Waals surface area (Å²) in [5, 5.41) is 0. The summed E-state index contributed by atoms with van der Waals surface area (Å²) in [6, 6.07) is 4.93. The minimum Gasteiger partial charge on any atom is -0.499 e. The second-order valence-electron chi connectivity index (χ2n) is 2.24. The Kier molecular flexibility index (Phi) is 13.9. The molecule has 0 fully saturated rings. The van der Waals surface area contributed by atoms with Gasteiger partial charge in [0.05, 0.1) is 0 Å². The molecule has 0 unspecified atom stereocenters. The molecule has 0 aliphatic carbocycles. The number of aromatic nitrogens is 2. The molecule has 2 aromatic rings. The van der Waals surface area contributed by atoms with Crippen molar-refractivity contribution in [2.24, 2.45) is 0 Å². The Hall–Kier alpha value is 2.30. The Balaban J connectivity index is 0. The second kappa shape index (κ2) is 10.5. The van der Waals surface area contributed by atoms with E-state index in [2.05, 4.69) is 17.2 Å². The molecule has 0 saturated heterocycles. The third kappa shape index (κ3) is 5.58. The van der Waals surface area contributed by atoms with E-state index in [9.17, 15) is 0 Å². The van der Waals surface area contributed by atoms with E-state index in [4.69, 9.17) is 0 Å². The zero-order valence-electron chi connectivity index (χ0n) is 9.63. The number of hydrogen-bond donors (Lipinski definition) is 0. The molecule has 2 nitrogen and oxygen atoms in total. The van der Waals surface area contributed by atoms with Crippen LogP contribution in [0.1, 0.15) is 19.4 Å². The monoisotopic (exact) mass is 330 g/mol. The van der Waals surface area contributed by atoms with Gasteiger partial charge in [0.15, 0.2) is 0 Å². The van der Waals surface area contributed by atoms with E-state index < -0.39 is 0 Å². The number of hydrogen-bond acceptors (Lipinski definition) is 1. The number of aryl methyl sites for hydroxylation is 1. The third-order valence-corrected chi connectivity index (χ3v) is 1.37. The van der Waals surface area contributed by atoms with Crippen LogP contribution in [0.4, 0.5) is 0 Å². The van der Waals surface area contributed by atoms with E-state index in [1.165, 1.54) is 5.56 Å². The predicted octanol–water partition coefficient (Wildman–Crippen LogP) is -3.72. The first-order valence-corrected chi connectivity index (χ1v) is 4.09. The molecule has 2 rings (SSSR count). The molecule has 0 N–H and O–H groups in total. The molecule has 64 valence electrons. The molecule has 0 radical (unpaired) electrons. The van der Waals surface area contributed by atoms with Gasteiger partial charge in [0.1, 0.15) is 0 Å². The minimum atomic E-state index is 0. The average Bonchev–Trinajstić information content (AvgIpc) is 2.54. The number of rotatable bonds is 0. The molecule has 0 saturated carbocycles. The molecule has 0 amide bonds. The smallest absolute Gasteiger partial charge is 0.499 e. The zero-order chi connectivity index (χ0) is 8.97. The van der Waals surface area contributed by atoms with Crippen molar-refractivity contribution in [2.75, 3.05) is 0 Å². The Labute approximate surface area is 183 Å². The Morgan fingerprint density at radius 3 is 2.57 bits per heavy atom. The van der Waals surface area contributed by atoms with Crippen LogP contribution in [-0.2, 0) is 0 Å². The van der Waals surface area contributed by atoms with Gasteiger partial charge in [-0.15, -0.1) is 6.92 Å². The first-order chi connectivity index (χ1) is 5.86. The van der Waals surface area contributed by atoms with Gasteiger partial charge in [0.2, 0.25) is 0 Å². The predicted molar refractivity (Wildman–Crippen MR) is 48.9 cm³/mol. The van der Waals surface area contributed by atoms with Gasteiger partial charge in [-0.1, -0.05) is 25.7 Å². The van der Waals surface area contributed by atoms with Crippen molar-refractivity contribution in [1.29, 1.82) is 0 Å². The quantitative estimate of drug-likeness (QED) is 0.454. The van der Waals surface area contributed by atoms with Gasteiger partial charge >= 0.3 is 116 Å². The molecule has 0 aliphatic heterocycles. The van der Waals surface area contributed by atoms with Crippen LogP contribution >= 0.6 is 0 Å². The summed E-state index contributed by atoms with van der Waals surface area (Å²) in [5.41, 5.74) is 1.99. The van der Waals surface area contributed by atoms with Crippen LogP contribution in [0.3, 0.4) is 0 Å². The number of pyridine rings is 1. The molecule has 0 spiro atoms. The van der Waals surface area contributed by atoms with Crippen LogP contribution in [-0.4, -0.2) is 9.38 Å². The van der Waals surface area contributed by atoms with Crippen LogP contribution in [0.2, 0.25) is 0 Å². The average molecular weight is 331 g/mol. The fourth-order valence-corrected chi connectivity index (χ4v) is 0.900. The van der Waals surface area contributed by atoms with Gasteiger partial charge in [-0.25, -0.2) is 5.56 Å². The molecule has 14 heavy (non-hydrogen) atoms. The fraction of sp³-hybridized carbons (Fsp3) is 0.300. The third-order valence-electron chi connectivity index (χ3n) is 1.37. The molecular weight excluding hydrogens is 319 g/mol. The van der Waals surface area contributed by atoms with Crippen molar-refractivity contribution in [3.8, 4) is 0 Å². The first-order valence-electron chi connectivity index (χ1n) is 4.09. The Bertz CT molecular complexity index is 358. The normalized spacial score (nSPS) is 7.93. The minimum absolute atomic E-state index is 0. The largest absolute Gasteiger partial charge is 1.00 e. The van der Waals surface area contributed by atoms with Crippen LogP contribution in [0.25, 0.3) is 5.65 Å². The number of imidazole rings is 1. The topological polar surface area (TPSA) is 17.3 Å². The van der Waals surface area contributed by atoms with Gasteiger partial charge in [-0.05, 0) is 6.20 Å². The Morgan fingerprint density at radius 2 is 1.93 bits per heavy atom. The molecule has 0 aromatic carbocycles. The summed E-state index contributed by atoms with van der Waals surface area (Å²) in [6.07, 6.45) is 6.55. The maximum atomic E-state index is 4.01. The van der Waals surface area contributed by atoms with Gasteiger partial charge in [-0.3, -0.25) is 12.1 Å². The summed E-state index contributed by atoms with van der Waals surface area (Å²) in [6.45, 7) is 6.02. The van der Waals surface area contributed by atoms with Crippen molar-refractivity contribution in [2.45, 2.75) is 20.8 Å². The van der Waals surface area contributed by atoms with E-state index in [-0.39, 0.29) is 116 Å².